The summed E-state index contributed by atoms with van der Waals surface area (Å²) in [5.41, 5.74) is 2.17. The van der Waals surface area contributed by atoms with Crippen LogP contribution in [0, 0.1) is 0 Å². The predicted octanol–water partition coefficient (Wildman–Crippen LogP) is 3.42. The van der Waals surface area contributed by atoms with Crippen LogP contribution in [-0.2, 0) is 13.0 Å². The molecule has 1 amide bonds. The first-order valence-corrected chi connectivity index (χ1v) is 9.86. The van der Waals surface area contributed by atoms with Crippen molar-refractivity contribution in [1.29, 1.82) is 0 Å². The number of carbonyl (C=O) groups excluding carboxylic acids is 1. The van der Waals surface area contributed by atoms with E-state index in [1.54, 1.807) is 12.0 Å². The fraction of sp³-hybridized carbons (Fsp3) is 0.450. The first kappa shape index (κ1) is 16.6. The molecule has 2 aliphatic rings. The summed E-state index contributed by atoms with van der Waals surface area (Å²) >= 11 is 1.89. The van der Waals surface area contributed by atoms with Crippen molar-refractivity contribution in [3.05, 3.63) is 51.7 Å². The van der Waals surface area contributed by atoms with E-state index in [-0.39, 0.29) is 5.91 Å². The fourth-order valence-electron chi connectivity index (χ4n) is 4.01. The highest BCUT2D eigenvalue weighted by molar-refractivity contribution is 7.10. The van der Waals surface area contributed by atoms with Crippen molar-refractivity contribution in [1.82, 2.24) is 9.80 Å². The summed E-state index contributed by atoms with van der Waals surface area (Å²) in [6.45, 7) is 3.88. The number of nitrogens with zero attached hydrogens (tertiary/aromatic N) is 2. The van der Waals surface area contributed by atoms with Gasteiger partial charge in [0.05, 0.1) is 12.7 Å². The first-order chi connectivity index (χ1) is 12.3. The van der Waals surface area contributed by atoms with Gasteiger partial charge in [-0.25, -0.2) is 0 Å². The molecule has 1 saturated heterocycles. The van der Waals surface area contributed by atoms with Gasteiger partial charge in [0.15, 0.2) is 0 Å². The highest BCUT2D eigenvalue weighted by atomic mass is 32.1. The maximum atomic E-state index is 12.8. The van der Waals surface area contributed by atoms with E-state index < -0.39 is 0 Å². The molecule has 0 atom stereocenters. The van der Waals surface area contributed by atoms with E-state index >= 15 is 0 Å². The Bertz CT molecular complexity index is 750. The van der Waals surface area contributed by atoms with Crippen LogP contribution in [0.4, 0.5) is 0 Å². The number of para-hydroxylation sites is 1. The average molecular weight is 356 g/mol. The van der Waals surface area contributed by atoms with Crippen LogP contribution < -0.4 is 4.74 Å². The molecule has 0 spiro atoms. The molecular formula is C20H24N2O2S. The Morgan fingerprint density at radius 3 is 2.76 bits per heavy atom. The van der Waals surface area contributed by atoms with Crippen LogP contribution in [0.15, 0.2) is 35.7 Å². The lowest BCUT2D eigenvalue weighted by Gasteiger charge is -2.40. The van der Waals surface area contributed by atoms with Crippen LogP contribution in [0.1, 0.15) is 33.6 Å². The zero-order valence-electron chi connectivity index (χ0n) is 14.6. The van der Waals surface area contributed by atoms with E-state index in [4.69, 9.17) is 4.74 Å². The van der Waals surface area contributed by atoms with Gasteiger partial charge in [-0.2, -0.15) is 0 Å². The Morgan fingerprint density at radius 1 is 1.16 bits per heavy atom. The van der Waals surface area contributed by atoms with Gasteiger partial charge in [0.1, 0.15) is 5.75 Å². The normalized spacial score (nSPS) is 18.8. The highest BCUT2D eigenvalue weighted by Crippen LogP contribution is 2.29. The van der Waals surface area contributed by atoms with Crippen LogP contribution in [0.2, 0.25) is 0 Å². The number of methoxy groups -OCH3 is 1. The third-order valence-electron chi connectivity index (χ3n) is 5.44. The molecule has 0 radical (unpaired) electrons. The first-order valence-electron chi connectivity index (χ1n) is 8.98. The monoisotopic (exact) mass is 356 g/mol. The minimum atomic E-state index is 0.0923. The fourth-order valence-corrected chi connectivity index (χ4v) is 4.90. The summed E-state index contributed by atoms with van der Waals surface area (Å²) in [6.07, 6.45) is 3.29. The second kappa shape index (κ2) is 7.18. The van der Waals surface area contributed by atoms with Gasteiger partial charge in [-0.3, -0.25) is 9.69 Å². The lowest BCUT2D eigenvalue weighted by atomic mass is 9.99. The molecule has 3 heterocycles. The van der Waals surface area contributed by atoms with Gasteiger partial charge in [-0.15, -0.1) is 11.3 Å². The van der Waals surface area contributed by atoms with E-state index in [0.29, 0.717) is 17.4 Å². The Morgan fingerprint density at radius 2 is 1.96 bits per heavy atom. The number of ether oxygens (including phenoxy) is 1. The van der Waals surface area contributed by atoms with Gasteiger partial charge in [0.2, 0.25) is 0 Å². The molecule has 2 aromatic rings. The summed E-state index contributed by atoms with van der Waals surface area (Å²) in [7, 11) is 1.62. The number of piperidine rings is 1. The standard InChI is InChI=1S/C20H24N2O2S/c1-24-18-5-3-2-4-17(18)20(23)21-10-6-16(7-11-21)22-12-8-19-15(14-22)9-13-25-19/h2-5,9,13,16H,6-8,10-12,14H2,1H3. The van der Waals surface area contributed by atoms with Gasteiger partial charge in [0.25, 0.3) is 5.91 Å². The second-order valence-electron chi connectivity index (χ2n) is 6.81. The Balaban J connectivity index is 1.38. The van der Waals surface area contributed by atoms with E-state index in [2.05, 4.69) is 16.3 Å². The van der Waals surface area contributed by atoms with Crippen molar-refractivity contribution in [2.24, 2.45) is 0 Å². The summed E-state index contributed by atoms with van der Waals surface area (Å²) in [5, 5.41) is 2.21. The Kier molecular flexibility index (Phi) is 4.77. The van der Waals surface area contributed by atoms with E-state index in [9.17, 15) is 4.79 Å². The van der Waals surface area contributed by atoms with Crippen LogP contribution in [-0.4, -0.2) is 48.5 Å². The largest absolute Gasteiger partial charge is 0.496 e. The predicted molar refractivity (Wildman–Crippen MR) is 100 cm³/mol. The molecule has 0 aliphatic carbocycles. The van der Waals surface area contributed by atoms with Crippen molar-refractivity contribution >= 4 is 17.2 Å². The molecule has 132 valence electrons. The summed E-state index contributed by atoms with van der Waals surface area (Å²) in [4.78, 5) is 19.0. The Hall–Kier alpha value is -1.85. The topological polar surface area (TPSA) is 32.8 Å². The molecule has 25 heavy (non-hydrogen) atoms. The van der Waals surface area contributed by atoms with Crippen LogP contribution in [0.25, 0.3) is 0 Å². The summed E-state index contributed by atoms with van der Waals surface area (Å²) in [5.74, 6) is 0.755. The van der Waals surface area contributed by atoms with Gasteiger partial charge in [-0.1, -0.05) is 12.1 Å². The van der Waals surface area contributed by atoms with E-state index in [1.807, 2.05) is 40.5 Å². The van der Waals surface area contributed by atoms with E-state index in [0.717, 1.165) is 39.0 Å². The van der Waals surface area contributed by atoms with Crippen LogP contribution in [0.5, 0.6) is 5.75 Å². The molecule has 0 N–H and O–H groups in total. The van der Waals surface area contributed by atoms with Gasteiger partial charge in [-0.05, 0) is 48.4 Å². The van der Waals surface area contributed by atoms with Gasteiger partial charge >= 0.3 is 0 Å². The molecule has 0 saturated carbocycles. The number of thiophene rings is 1. The molecule has 0 unspecified atom stereocenters. The lowest BCUT2D eigenvalue weighted by molar-refractivity contribution is 0.0597. The quantitative estimate of drug-likeness (QED) is 0.845. The van der Waals surface area contributed by atoms with Crippen LogP contribution >= 0.6 is 11.3 Å². The van der Waals surface area contributed by atoms with E-state index in [1.165, 1.54) is 12.0 Å². The Labute approximate surface area is 153 Å². The molecule has 1 aromatic heterocycles. The average Bonchev–Trinajstić information content (AvgIpc) is 3.15. The minimum Gasteiger partial charge on any atom is -0.496 e. The van der Waals surface area contributed by atoms with Gasteiger partial charge in [0, 0.05) is 37.1 Å². The van der Waals surface area contributed by atoms with Crippen molar-refractivity contribution in [2.45, 2.75) is 31.8 Å². The summed E-state index contributed by atoms with van der Waals surface area (Å²) < 4.78 is 5.34. The minimum absolute atomic E-state index is 0.0923. The van der Waals surface area contributed by atoms with Crippen molar-refractivity contribution in [3.8, 4) is 5.75 Å². The number of likely N-dealkylation sites (tertiary alicyclic amines) is 1. The summed E-state index contributed by atoms with van der Waals surface area (Å²) in [6, 6.07) is 10.4. The molecular weight excluding hydrogens is 332 g/mol. The van der Waals surface area contributed by atoms with Crippen molar-refractivity contribution in [3.63, 3.8) is 0 Å². The molecule has 5 heteroatoms. The number of hydrogen-bond acceptors (Lipinski definition) is 4. The third kappa shape index (κ3) is 3.31. The number of amides is 1. The maximum absolute atomic E-state index is 12.8. The number of benzene rings is 1. The van der Waals surface area contributed by atoms with Crippen LogP contribution in [0.3, 0.4) is 0 Å². The maximum Gasteiger partial charge on any atom is 0.257 e. The molecule has 1 fully saturated rings. The molecule has 4 rings (SSSR count). The SMILES string of the molecule is COc1ccccc1C(=O)N1CCC(N2CCc3sccc3C2)CC1. The number of fused-ring (bicyclic) bond motifs is 1. The number of rotatable bonds is 3. The number of carbonyl (C=O) groups is 1. The van der Waals surface area contributed by atoms with Crippen molar-refractivity contribution in [2.75, 3.05) is 26.7 Å². The van der Waals surface area contributed by atoms with Crippen molar-refractivity contribution < 1.29 is 9.53 Å². The third-order valence-corrected chi connectivity index (χ3v) is 6.47. The molecule has 1 aromatic carbocycles. The zero-order valence-corrected chi connectivity index (χ0v) is 15.4. The number of hydrogen-bond donors (Lipinski definition) is 0. The van der Waals surface area contributed by atoms with Gasteiger partial charge < -0.3 is 9.64 Å². The second-order valence-corrected chi connectivity index (χ2v) is 7.81. The highest BCUT2D eigenvalue weighted by Gasteiger charge is 2.30. The molecule has 2 aliphatic heterocycles. The smallest absolute Gasteiger partial charge is 0.257 e. The zero-order chi connectivity index (χ0) is 17.2. The molecule has 4 nitrogen and oxygen atoms in total. The lowest BCUT2D eigenvalue weighted by Crippen LogP contribution is -2.48. The molecule has 0 bridgehead atoms.